The second-order valence-electron chi connectivity index (χ2n) is 5.49. The Morgan fingerprint density at radius 2 is 2.00 bits per heavy atom. The number of halogens is 1. The molecule has 1 heterocycles. The first-order chi connectivity index (χ1) is 11.2. The van der Waals surface area contributed by atoms with Crippen LogP contribution >= 0.6 is 11.6 Å². The summed E-state index contributed by atoms with van der Waals surface area (Å²) in [6, 6.07) is 6.04. The molecule has 2 atom stereocenters. The molecule has 9 heteroatoms. The van der Waals surface area contributed by atoms with Crippen LogP contribution in [0.1, 0.15) is 13.3 Å². The van der Waals surface area contributed by atoms with Crippen LogP contribution in [0.4, 0.5) is 0 Å². The van der Waals surface area contributed by atoms with Gasteiger partial charge in [-0.05, 0) is 37.6 Å². The fraction of sp³-hybridized carbons (Fsp3) is 0.467. The normalized spacial score (nSPS) is 20.2. The third-order valence-electron chi connectivity index (χ3n) is 3.40. The van der Waals surface area contributed by atoms with Gasteiger partial charge in [-0.1, -0.05) is 11.6 Å². The summed E-state index contributed by atoms with van der Waals surface area (Å²) in [7, 11) is -3.08. The number of sulfone groups is 1. The van der Waals surface area contributed by atoms with Crippen molar-refractivity contribution in [2.24, 2.45) is 0 Å². The third-order valence-corrected chi connectivity index (χ3v) is 5.42. The predicted molar refractivity (Wildman–Crippen MR) is 87.7 cm³/mol. The molecular weight excluding hydrogens is 358 g/mol. The molecule has 1 N–H and O–H groups in total. The Kier molecular flexibility index (Phi) is 6.06. The van der Waals surface area contributed by atoms with E-state index in [-0.39, 0.29) is 11.5 Å². The Labute approximate surface area is 145 Å². The van der Waals surface area contributed by atoms with Crippen molar-refractivity contribution in [3.8, 4) is 5.75 Å². The lowest BCUT2D eigenvalue weighted by atomic mass is 10.2. The standard InChI is InChI=1S/C15H18ClNO6S/c1-10(23-13-4-2-11(16)3-5-13)15(19)22-8-14(18)17-12-6-7-24(20,21)9-12/h2-5,10,12H,6-9H2,1H3,(H,17,18)/t10-,12+/m0/s1. The summed E-state index contributed by atoms with van der Waals surface area (Å²) in [5.41, 5.74) is 0. The van der Waals surface area contributed by atoms with Gasteiger partial charge in [0.25, 0.3) is 5.91 Å². The predicted octanol–water partition coefficient (Wildman–Crippen LogP) is 0.954. The second kappa shape index (κ2) is 7.85. The van der Waals surface area contributed by atoms with Gasteiger partial charge in [0.2, 0.25) is 0 Å². The molecule has 1 amide bonds. The number of ether oxygens (including phenoxy) is 2. The molecule has 0 saturated carbocycles. The number of hydrogen-bond acceptors (Lipinski definition) is 6. The summed E-state index contributed by atoms with van der Waals surface area (Å²) in [5.74, 6) is -0.806. The number of carbonyl (C=O) groups excluding carboxylic acids is 2. The van der Waals surface area contributed by atoms with Gasteiger partial charge in [-0.15, -0.1) is 0 Å². The van der Waals surface area contributed by atoms with E-state index in [1.807, 2.05) is 0 Å². The van der Waals surface area contributed by atoms with E-state index in [2.05, 4.69) is 5.32 Å². The van der Waals surface area contributed by atoms with Crippen LogP contribution in [0.5, 0.6) is 5.75 Å². The van der Waals surface area contributed by atoms with Gasteiger partial charge in [-0.2, -0.15) is 0 Å². The highest BCUT2D eigenvalue weighted by atomic mass is 35.5. The summed E-state index contributed by atoms with van der Waals surface area (Å²) in [5, 5.41) is 3.08. The molecule has 0 unspecified atom stereocenters. The number of hydrogen-bond donors (Lipinski definition) is 1. The summed E-state index contributed by atoms with van der Waals surface area (Å²) < 4.78 is 32.9. The van der Waals surface area contributed by atoms with E-state index in [1.54, 1.807) is 24.3 Å². The van der Waals surface area contributed by atoms with Gasteiger partial charge in [-0.3, -0.25) is 4.79 Å². The number of carbonyl (C=O) groups is 2. The first-order valence-electron chi connectivity index (χ1n) is 7.34. The van der Waals surface area contributed by atoms with E-state index < -0.39 is 40.5 Å². The SMILES string of the molecule is C[C@H](Oc1ccc(Cl)cc1)C(=O)OCC(=O)N[C@@H]1CCS(=O)(=O)C1. The van der Waals surface area contributed by atoms with Gasteiger partial charge in [-0.25, -0.2) is 13.2 Å². The topological polar surface area (TPSA) is 98.8 Å². The van der Waals surface area contributed by atoms with Crippen molar-refractivity contribution in [3.63, 3.8) is 0 Å². The van der Waals surface area contributed by atoms with Crippen LogP contribution in [0.15, 0.2) is 24.3 Å². The van der Waals surface area contributed by atoms with Gasteiger partial charge in [0, 0.05) is 11.1 Å². The monoisotopic (exact) mass is 375 g/mol. The molecule has 132 valence electrons. The van der Waals surface area contributed by atoms with E-state index in [0.29, 0.717) is 17.2 Å². The van der Waals surface area contributed by atoms with E-state index in [4.69, 9.17) is 21.1 Å². The Bertz CT molecular complexity index is 703. The largest absolute Gasteiger partial charge is 0.479 e. The van der Waals surface area contributed by atoms with Gasteiger partial charge < -0.3 is 14.8 Å². The molecule has 2 rings (SSSR count). The molecule has 1 aliphatic heterocycles. The molecule has 1 saturated heterocycles. The van der Waals surface area contributed by atoms with Crippen LogP contribution in [0.2, 0.25) is 5.02 Å². The van der Waals surface area contributed by atoms with Crippen molar-refractivity contribution in [2.45, 2.75) is 25.5 Å². The van der Waals surface area contributed by atoms with Crippen molar-refractivity contribution in [2.75, 3.05) is 18.1 Å². The molecule has 7 nitrogen and oxygen atoms in total. The highest BCUT2D eigenvalue weighted by molar-refractivity contribution is 7.91. The number of nitrogens with one attached hydrogen (secondary N) is 1. The molecule has 0 aromatic heterocycles. The van der Waals surface area contributed by atoms with Gasteiger partial charge >= 0.3 is 5.97 Å². The lowest BCUT2D eigenvalue weighted by molar-refractivity contribution is -0.154. The maximum atomic E-state index is 11.8. The lowest BCUT2D eigenvalue weighted by Crippen LogP contribution is -2.39. The number of rotatable bonds is 6. The van der Waals surface area contributed by atoms with Gasteiger partial charge in [0.1, 0.15) is 5.75 Å². The van der Waals surface area contributed by atoms with Gasteiger partial charge in [0.05, 0.1) is 11.5 Å². The molecule has 24 heavy (non-hydrogen) atoms. The van der Waals surface area contributed by atoms with E-state index in [0.717, 1.165) is 0 Å². The average Bonchev–Trinajstić information content (AvgIpc) is 2.85. The molecule has 1 fully saturated rings. The fourth-order valence-corrected chi connectivity index (χ4v) is 4.00. The van der Waals surface area contributed by atoms with Crippen molar-refractivity contribution in [1.82, 2.24) is 5.32 Å². The minimum absolute atomic E-state index is 0.0592. The van der Waals surface area contributed by atoms with Crippen LogP contribution in [0.25, 0.3) is 0 Å². The smallest absolute Gasteiger partial charge is 0.347 e. The summed E-state index contributed by atoms with van der Waals surface area (Å²) in [4.78, 5) is 23.5. The zero-order chi connectivity index (χ0) is 17.7. The van der Waals surface area contributed by atoms with Crippen LogP contribution in [0.3, 0.4) is 0 Å². The minimum atomic E-state index is -3.08. The lowest BCUT2D eigenvalue weighted by Gasteiger charge is -2.15. The van der Waals surface area contributed by atoms with Crippen molar-refractivity contribution >= 4 is 33.3 Å². The Morgan fingerprint density at radius 1 is 1.33 bits per heavy atom. The fourth-order valence-electron chi connectivity index (χ4n) is 2.20. The van der Waals surface area contributed by atoms with E-state index in [1.165, 1.54) is 6.92 Å². The quantitative estimate of drug-likeness (QED) is 0.743. The number of benzene rings is 1. The molecule has 0 aliphatic carbocycles. The molecule has 1 aromatic rings. The van der Waals surface area contributed by atoms with Crippen molar-refractivity contribution in [3.05, 3.63) is 29.3 Å². The van der Waals surface area contributed by atoms with E-state index in [9.17, 15) is 18.0 Å². The minimum Gasteiger partial charge on any atom is -0.479 e. The first kappa shape index (κ1) is 18.5. The summed E-state index contributed by atoms with van der Waals surface area (Å²) in [6.45, 7) is 1.02. The highest BCUT2D eigenvalue weighted by Crippen LogP contribution is 2.17. The van der Waals surface area contributed by atoms with E-state index >= 15 is 0 Å². The van der Waals surface area contributed by atoms with Crippen LogP contribution < -0.4 is 10.1 Å². The number of amides is 1. The van der Waals surface area contributed by atoms with Crippen LogP contribution in [-0.2, 0) is 24.2 Å². The zero-order valence-corrected chi connectivity index (χ0v) is 14.6. The molecule has 0 bridgehead atoms. The molecular formula is C15H18ClNO6S. The Balaban J connectivity index is 1.73. The van der Waals surface area contributed by atoms with Crippen molar-refractivity contribution in [1.29, 1.82) is 0 Å². The van der Waals surface area contributed by atoms with Crippen LogP contribution in [0, 0.1) is 0 Å². The maximum Gasteiger partial charge on any atom is 0.347 e. The number of esters is 1. The van der Waals surface area contributed by atoms with Crippen LogP contribution in [-0.4, -0.2) is 50.6 Å². The molecule has 1 aliphatic rings. The van der Waals surface area contributed by atoms with Gasteiger partial charge in [0.15, 0.2) is 22.5 Å². The van der Waals surface area contributed by atoms with Crippen molar-refractivity contribution < 1.29 is 27.5 Å². The Morgan fingerprint density at radius 3 is 2.58 bits per heavy atom. The third kappa shape index (κ3) is 5.68. The average molecular weight is 376 g/mol. The summed E-state index contributed by atoms with van der Waals surface area (Å²) >= 11 is 5.75. The zero-order valence-electron chi connectivity index (χ0n) is 13.0. The highest BCUT2D eigenvalue weighted by Gasteiger charge is 2.29. The first-order valence-corrected chi connectivity index (χ1v) is 9.54. The summed E-state index contributed by atoms with van der Waals surface area (Å²) in [6.07, 6.45) is -0.524. The molecule has 0 radical (unpaired) electrons. The molecule has 1 aromatic carbocycles. The molecule has 0 spiro atoms. The maximum absolute atomic E-state index is 11.8. The second-order valence-corrected chi connectivity index (χ2v) is 8.15. The Hall–Kier alpha value is -1.80.